The number of aryl methyl sites for hydroxylation is 1. The van der Waals surface area contributed by atoms with Gasteiger partial charge in [-0.05, 0) is 53.4 Å². The van der Waals surface area contributed by atoms with Crippen LogP contribution in [0.15, 0.2) is 89.9 Å². The van der Waals surface area contributed by atoms with Gasteiger partial charge >= 0.3 is 0 Å². The Hall–Kier alpha value is -4.97. The smallest absolute Gasteiger partial charge is 0.262 e. The molecule has 1 fully saturated rings. The first-order valence-corrected chi connectivity index (χ1v) is 15.9. The number of ether oxygens (including phenoxy) is 4. The van der Waals surface area contributed by atoms with Crippen LogP contribution < -0.4 is 20.3 Å². The highest BCUT2D eigenvalue weighted by Crippen LogP contribution is 2.43. The number of hydrogen-bond donors (Lipinski definition) is 3. The van der Waals surface area contributed by atoms with Gasteiger partial charge in [0.15, 0.2) is 5.65 Å². The minimum absolute atomic E-state index is 0.0342. The van der Waals surface area contributed by atoms with Gasteiger partial charge in [0.05, 0.1) is 32.3 Å². The van der Waals surface area contributed by atoms with E-state index in [1.54, 1.807) is 38.8 Å². The lowest BCUT2D eigenvalue weighted by Crippen LogP contribution is -2.38. The van der Waals surface area contributed by atoms with Gasteiger partial charge < -0.3 is 28.6 Å². The van der Waals surface area contributed by atoms with E-state index in [-0.39, 0.29) is 36.4 Å². The van der Waals surface area contributed by atoms with Crippen LogP contribution in [0.1, 0.15) is 48.8 Å². The minimum Gasteiger partial charge on any atom is -0.497 e. The van der Waals surface area contributed by atoms with Gasteiger partial charge in [-0.15, -0.1) is 0 Å². The molecule has 11 nitrogen and oxygen atoms in total. The Morgan fingerprint density at radius 1 is 1.00 bits per heavy atom. The zero-order chi connectivity index (χ0) is 34.0. The largest absolute Gasteiger partial charge is 0.497 e. The first-order valence-electron chi connectivity index (χ1n) is 15.9. The molecule has 0 bridgehead atoms. The maximum atomic E-state index is 13.0. The quantitative estimate of drug-likeness (QED) is 0.164. The molecule has 11 heteroatoms. The minimum atomic E-state index is -1.09. The summed E-state index contributed by atoms with van der Waals surface area (Å²) in [5.41, 5.74) is 2.18. The number of aromatic amines is 1. The standard InChI is InChI=1S/C37H40N4O7/c1-22(2)34(43)39-36-38-33-32(35(44)40-36)23(3)20-41(33)31-19-29(42)30(48-31)21-47-37(24-9-7-6-8-10-24,25-11-15-27(45-4)16-12-25)26-13-17-28(46-5)18-14-26/h6-18,20,22,29-31,42H,19,21H2,1-5H3,(H2,38,39,40,43,44)/t29-,30+,31+/m0/s1. The number of amides is 1. The summed E-state index contributed by atoms with van der Waals surface area (Å²) in [6.45, 7) is 5.35. The van der Waals surface area contributed by atoms with Crippen molar-refractivity contribution in [2.45, 2.75) is 51.2 Å². The Morgan fingerprint density at radius 3 is 2.15 bits per heavy atom. The molecule has 1 aliphatic rings. The predicted octanol–water partition coefficient (Wildman–Crippen LogP) is 5.30. The molecule has 1 amide bonds. The lowest BCUT2D eigenvalue weighted by molar-refractivity contribution is -0.118. The second kappa shape index (κ2) is 13.6. The first kappa shape index (κ1) is 33.0. The molecule has 5 aromatic rings. The number of nitrogens with zero attached hydrogens (tertiary/aromatic N) is 2. The zero-order valence-electron chi connectivity index (χ0n) is 27.6. The fraction of sp³-hybridized carbons (Fsp3) is 0.324. The Bertz CT molecular complexity index is 1890. The molecule has 0 spiro atoms. The van der Waals surface area contributed by atoms with Crippen molar-refractivity contribution in [3.05, 3.63) is 118 Å². The third kappa shape index (κ3) is 6.19. The number of benzene rings is 3. The second-order valence-electron chi connectivity index (χ2n) is 12.2. The van der Waals surface area contributed by atoms with E-state index in [4.69, 9.17) is 18.9 Å². The van der Waals surface area contributed by atoms with Crippen molar-refractivity contribution >= 4 is 22.9 Å². The molecule has 0 saturated carbocycles. The molecule has 6 rings (SSSR count). The number of carbonyl (C=O) groups is 1. The molecule has 48 heavy (non-hydrogen) atoms. The number of aliphatic hydroxyl groups excluding tert-OH is 1. The number of rotatable bonds is 11. The van der Waals surface area contributed by atoms with Crippen molar-refractivity contribution in [2.24, 2.45) is 5.92 Å². The molecule has 250 valence electrons. The molecule has 3 heterocycles. The molecular weight excluding hydrogens is 612 g/mol. The third-order valence-electron chi connectivity index (χ3n) is 8.79. The molecule has 0 radical (unpaired) electrons. The molecule has 1 aliphatic heterocycles. The predicted molar refractivity (Wildman–Crippen MR) is 181 cm³/mol. The molecule has 3 N–H and O–H groups in total. The lowest BCUT2D eigenvalue weighted by atomic mass is 9.80. The topological polar surface area (TPSA) is 137 Å². The lowest BCUT2D eigenvalue weighted by Gasteiger charge is -2.37. The molecule has 0 unspecified atom stereocenters. The van der Waals surface area contributed by atoms with Crippen molar-refractivity contribution in [3.8, 4) is 11.5 Å². The van der Waals surface area contributed by atoms with E-state index >= 15 is 0 Å². The Kier molecular flexibility index (Phi) is 9.36. The molecule has 3 atom stereocenters. The van der Waals surface area contributed by atoms with E-state index in [9.17, 15) is 14.7 Å². The SMILES string of the molecule is COc1ccc(C(OC[C@H]2O[C@@H](n3cc(C)c4c(=O)[nH]c(NC(=O)C(C)C)nc43)C[C@@H]2O)(c2ccccc2)c2ccc(OC)cc2)cc1. The molecule has 0 aliphatic carbocycles. The van der Waals surface area contributed by atoms with E-state index in [1.165, 1.54) is 0 Å². The van der Waals surface area contributed by atoms with Crippen molar-refractivity contribution in [2.75, 3.05) is 26.1 Å². The summed E-state index contributed by atoms with van der Waals surface area (Å²) in [5, 5.41) is 14.4. The number of H-pyrrole nitrogens is 1. The average molecular weight is 653 g/mol. The fourth-order valence-corrected chi connectivity index (χ4v) is 6.19. The fourth-order valence-electron chi connectivity index (χ4n) is 6.19. The molecule has 3 aromatic carbocycles. The van der Waals surface area contributed by atoms with Crippen LogP contribution >= 0.6 is 0 Å². The van der Waals surface area contributed by atoms with Crippen molar-refractivity contribution in [1.29, 1.82) is 0 Å². The van der Waals surface area contributed by atoms with Crippen molar-refractivity contribution in [1.82, 2.24) is 14.5 Å². The van der Waals surface area contributed by atoms with Crippen LogP contribution in [0, 0.1) is 12.8 Å². The van der Waals surface area contributed by atoms with Crippen LogP contribution in [0.3, 0.4) is 0 Å². The highest BCUT2D eigenvalue weighted by molar-refractivity contribution is 5.91. The van der Waals surface area contributed by atoms with Crippen molar-refractivity contribution in [3.63, 3.8) is 0 Å². The Labute approximate surface area is 278 Å². The van der Waals surface area contributed by atoms with Crippen LogP contribution in [0.25, 0.3) is 11.0 Å². The van der Waals surface area contributed by atoms with Crippen LogP contribution in [0.5, 0.6) is 11.5 Å². The summed E-state index contributed by atoms with van der Waals surface area (Å²) in [4.78, 5) is 32.6. The Morgan fingerprint density at radius 2 is 1.58 bits per heavy atom. The summed E-state index contributed by atoms with van der Waals surface area (Å²) in [7, 11) is 3.25. The van der Waals surface area contributed by atoms with Crippen LogP contribution in [0.4, 0.5) is 5.95 Å². The Balaban J connectivity index is 1.35. The van der Waals surface area contributed by atoms with Gasteiger partial charge in [-0.2, -0.15) is 4.98 Å². The number of hydrogen-bond acceptors (Lipinski definition) is 8. The van der Waals surface area contributed by atoms with Gasteiger partial charge in [0.25, 0.3) is 5.56 Å². The molecule has 2 aromatic heterocycles. The summed E-state index contributed by atoms with van der Waals surface area (Å²) in [6.07, 6.45) is -0.210. The number of fused-ring (bicyclic) bond motifs is 1. The summed E-state index contributed by atoms with van der Waals surface area (Å²) < 4.78 is 26.1. The zero-order valence-corrected chi connectivity index (χ0v) is 27.6. The third-order valence-corrected chi connectivity index (χ3v) is 8.79. The van der Waals surface area contributed by atoms with Gasteiger partial charge in [0, 0.05) is 18.5 Å². The highest BCUT2D eigenvalue weighted by Gasteiger charge is 2.42. The number of anilines is 1. The normalized spacial score (nSPS) is 17.9. The number of carbonyl (C=O) groups excluding carboxylic acids is 1. The van der Waals surface area contributed by atoms with E-state index in [0.717, 1.165) is 16.7 Å². The maximum Gasteiger partial charge on any atom is 0.262 e. The van der Waals surface area contributed by atoms with Gasteiger partial charge in [-0.3, -0.25) is 19.9 Å². The number of aromatic nitrogens is 3. The number of methoxy groups -OCH3 is 2. The summed E-state index contributed by atoms with van der Waals surface area (Å²) >= 11 is 0. The second-order valence-corrected chi connectivity index (χ2v) is 12.2. The average Bonchev–Trinajstić information content (AvgIpc) is 3.64. The molecular formula is C37H40N4O7. The first-order chi connectivity index (χ1) is 23.1. The number of aliphatic hydroxyl groups is 1. The van der Waals surface area contributed by atoms with Gasteiger partial charge in [0.1, 0.15) is 29.4 Å². The monoisotopic (exact) mass is 652 g/mol. The summed E-state index contributed by atoms with van der Waals surface area (Å²) in [6, 6.07) is 25.3. The van der Waals surface area contributed by atoms with E-state index < -0.39 is 24.0 Å². The number of nitrogens with one attached hydrogen (secondary N) is 2. The molecule has 1 saturated heterocycles. The van der Waals surface area contributed by atoms with Crippen LogP contribution in [-0.4, -0.2) is 58.6 Å². The maximum absolute atomic E-state index is 13.0. The van der Waals surface area contributed by atoms with Crippen LogP contribution in [-0.2, 0) is 19.9 Å². The highest BCUT2D eigenvalue weighted by atomic mass is 16.6. The van der Waals surface area contributed by atoms with Crippen LogP contribution in [0.2, 0.25) is 0 Å². The van der Waals surface area contributed by atoms with E-state index in [2.05, 4.69) is 15.3 Å². The van der Waals surface area contributed by atoms with Gasteiger partial charge in [-0.1, -0.05) is 68.4 Å². The van der Waals surface area contributed by atoms with E-state index in [0.29, 0.717) is 28.1 Å². The van der Waals surface area contributed by atoms with Gasteiger partial charge in [0.2, 0.25) is 11.9 Å². The summed E-state index contributed by atoms with van der Waals surface area (Å²) in [5.74, 6) is 0.902. The van der Waals surface area contributed by atoms with Crippen molar-refractivity contribution < 1.29 is 28.8 Å². The van der Waals surface area contributed by atoms with E-state index in [1.807, 2.05) is 85.8 Å². The van der Waals surface area contributed by atoms with Gasteiger partial charge in [-0.25, -0.2) is 0 Å².